The molecule has 1 fully saturated rings. The molecule has 0 N–H and O–H groups in total. The van der Waals surface area contributed by atoms with E-state index in [0.29, 0.717) is 25.0 Å². The van der Waals surface area contributed by atoms with Crippen molar-refractivity contribution in [1.29, 1.82) is 0 Å². The number of hydrogen-bond donors (Lipinski definition) is 0. The van der Waals surface area contributed by atoms with Crippen molar-refractivity contribution in [2.45, 2.75) is 84.7 Å². The summed E-state index contributed by atoms with van der Waals surface area (Å²) in [5.74, 6) is 1.42. The summed E-state index contributed by atoms with van der Waals surface area (Å²) in [7, 11) is 0. The van der Waals surface area contributed by atoms with Crippen LogP contribution in [0.3, 0.4) is 0 Å². The number of hydrogen-bond acceptors (Lipinski definition) is 3. The largest absolute Gasteiger partial charge is 0.331 e. The molecule has 0 spiro atoms. The number of benzene rings is 1. The summed E-state index contributed by atoms with van der Waals surface area (Å²) in [5.41, 5.74) is 3.95. The van der Waals surface area contributed by atoms with Gasteiger partial charge in [-0.2, -0.15) is 0 Å². The SMILES string of the molecule is CCCCCc1ccc(C(=O)N(Cc2nc3cccnc3n2C2CCCC2)CC(C)C)cc1. The molecule has 0 bridgehead atoms. The molecular weight excluding hydrogens is 408 g/mol. The van der Waals surface area contributed by atoms with Crippen molar-refractivity contribution >= 4 is 17.1 Å². The Morgan fingerprint density at radius 2 is 1.88 bits per heavy atom. The monoisotopic (exact) mass is 446 g/mol. The smallest absolute Gasteiger partial charge is 0.254 e. The molecule has 1 aliphatic carbocycles. The minimum absolute atomic E-state index is 0.0850. The minimum Gasteiger partial charge on any atom is -0.331 e. The van der Waals surface area contributed by atoms with Gasteiger partial charge in [-0.25, -0.2) is 9.97 Å². The molecule has 5 heteroatoms. The standard InChI is InChI=1S/C28H38N4O/c1-4-5-6-10-22-14-16-23(17-15-22)28(33)31(19-21(2)3)20-26-30-25-13-9-18-29-27(25)32(26)24-11-7-8-12-24/h9,13-18,21,24H,4-8,10-12,19-20H2,1-3H3. The van der Waals surface area contributed by atoms with Gasteiger partial charge < -0.3 is 9.47 Å². The van der Waals surface area contributed by atoms with Gasteiger partial charge in [-0.15, -0.1) is 0 Å². The average Bonchev–Trinajstić information content (AvgIpc) is 3.46. The van der Waals surface area contributed by atoms with E-state index in [1.54, 1.807) is 0 Å². The number of carbonyl (C=O) groups is 1. The number of imidazole rings is 1. The zero-order valence-corrected chi connectivity index (χ0v) is 20.5. The number of pyridine rings is 1. The molecule has 1 saturated carbocycles. The van der Waals surface area contributed by atoms with Gasteiger partial charge in [0.1, 0.15) is 11.3 Å². The first-order valence-corrected chi connectivity index (χ1v) is 12.8. The van der Waals surface area contributed by atoms with E-state index < -0.39 is 0 Å². The van der Waals surface area contributed by atoms with Crippen LogP contribution in [0.1, 0.15) is 93.5 Å². The Hall–Kier alpha value is -2.69. The summed E-state index contributed by atoms with van der Waals surface area (Å²) in [4.78, 5) is 25.2. The lowest BCUT2D eigenvalue weighted by Gasteiger charge is -2.26. The van der Waals surface area contributed by atoms with Crippen LogP contribution in [0.15, 0.2) is 42.6 Å². The highest BCUT2D eigenvalue weighted by Crippen LogP contribution is 2.33. The number of unbranched alkanes of at least 4 members (excludes halogenated alkanes) is 2. The number of rotatable bonds is 10. The van der Waals surface area contributed by atoms with Crippen molar-refractivity contribution in [3.05, 3.63) is 59.5 Å². The van der Waals surface area contributed by atoms with Gasteiger partial charge in [0.2, 0.25) is 0 Å². The molecular formula is C28H38N4O. The van der Waals surface area contributed by atoms with Crippen LogP contribution in [0.4, 0.5) is 0 Å². The van der Waals surface area contributed by atoms with Crippen molar-refractivity contribution in [2.75, 3.05) is 6.54 Å². The fraction of sp³-hybridized carbons (Fsp3) is 0.536. The Morgan fingerprint density at radius 3 is 2.58 bits per heavy atom. The molecule has 176 valence electrons. The zero-order valence-electron chi connectivity index (χ0n) is 20.5. The molecule has 0 aliphatic heterocycles. The molecule has 2 heterocycles. The van der Waals surface area contributed by atoms with Gasteiger partial charge in [0.25, 0.3) is 5.91 Å². The van der Waals surface area contributed by atoms with Crippen LogP contribution in [-0.4, -0.2) is 31.9 Å². The number of fused-ring (bicyclic) bond motifs is 1. The molecule has 3 aromatic rings. The molecule has 33 heavy (non-hydrogen) atoms. The molecule has 1 aliphatic rings. The third-order valence-electron chi connectivity index (χ3n) is 6.69. The van der Waals surface area contributed by atoms with Crippen LogP contribution in [0.5, 0.6) is 0 Å². The third kappa shape index (κ3) is 5.63. The summed E-state index contributed by atoms with van der Waals surface area (Å²) in [6, 6.07) is 12.6. The van der Waals surface area contributed by atoms with Crippen LogP contribution >= 0.6 is 0 Å². The molecule has 5 nitrogen and oxygen atoms in total. The Bertz CT molecular complexity index is 1050. The van der Waals surface area contributed by atoms with Crippen molar-refractivity contribution in [1.82, 2.24) is 19.4 Å². The Kier molecular flexibility index (Phi) is 7.79. The molecule has 2 aromatic heterocycles. The second kappa shape index (κ2) is 11.0. The summed E-state index contributed by atoms with van der Waals surface area (Å²) in [5, 5.41) is 0. The Balaban J connectivity index is 1.59. The lowest BCUT2D eigenvalue weighted by atomic mass is 10.0. The quantitative estimate of drug-likeness (QED) is 0.331. The van der Waals surface area contributed by atoms with Crippen molar-refractivity contribution in [3.63, 3.8) is 0 Å². The Morgan fingerprint density at radius 1 is 1.12 bits per heavy atom. The molecule has 0 saturated heterocycles. The maximum atomic E-state index is 13.6. The fourth-order valence-electron chi connectivity index (χ4n) is 5.04. The highest BCUT2D eigenvalue weighted by atomic mass is 16.2. The summed E-state index contributed by atoms with van der Waals surface area (Å²) in [6.45, 7) is 7.78. The van der Waals surface area contributed by atoms with E-state index in [9.17, 15) is 4.79 Å². The Labute approximate surface area is 198 Å². The lowest BCUT2D eigenvalue weighted by molar-refractivity contribution is 0.0715. The number of nitrogens with zero attached hydrogens (tertiary/aromatic N) is 4. The molecule has 1 aromatic carbocycles. The molecule has 0 atom stereocenters. The van der Waals surface area contributed by atoms with Crippen molar-refractivity contribution in [3.8, 4) is 0 Å². The highest BCUT2D eigenvalue weighted by Gasteiger charge is 2.26. The molecule has 0 radical (unpaired) electrons. The van der Waals surface area contributed by atoms with Gasteiger partial charge in [0, 0.05) is 24.3 Å². The van der Waals surface area contributed by atoms with E-state index in [-0.39, 0.29) is 5.91 Å². The third-order valence-corrected chi connectivity index (χ3v) is 6.69. The van der Waals surface area contributed by atoms with Gasteiger partial charge in [0.15, 0.2) is 5.65 Å². The zero-order chi connectivity index (χ0) is 23.2. The lowest BCUT2D eigenvalue weighted by Crippen LogP contribution is -2.35. The van der Waals surface area contributed by atoms with Gasteiger partial charge in [-0.3, -0.25) is 4.79 Å². The van der Waals surface area contributed by atoms with Gasteiger partial charge in [-0.1, -0.05) is 58.6 Å². The fourth-order valence-corrected chi connectivity index (χ4v) is 5.04. The summed E-state index contributed by atoms with van der Waals surface area (Å²) in [6.07, 6.45) is 11.4. The van der Waals surface area contributed by atoms with Crippen LogP contribution in [0, 0.1) is 5.92 Å². The second-order valence-electron chi connectivity index (χ2n) is 9.92. The van der Waals surface area contributed by atoms with E-state index in [1.807, 2.05) is 35.4 Å². The first kappa shape index (κ1) is 23.5. The van der Waals surface area contributed by atoms with Crippen molar-refractivity contribution < 1.29 is 4.79 Å². The number of aromatic nitrogens is 3. The van der Waals surface area contributed by atoms with E-state index >= 15 is 0 Å². The topological polar surface area (TPSA) is 51.0 Å². The van der Waals surface area contributed by atoms with E-state index in [4.69, 9.17) is 4.98 Å². The maximum Gasteiger partial charge on any atom is 0.254 e. The average molecular weight is 447 g/mol. The van der Waals surface area contributed by atoms with Crippen LogP contribution in [-0.2, 0) is 13.0 Å². The summed E-state index contributed by atoms with van der Waals surface area (Å²) >= 11 is 0. The highest BCUT2D eigenvalue weighted by molar-refractivity contribution is 5.94. The first-order chi connectivity index (χ1) is 16.1. The second-order valence-corrected chi connectivity index (χ2v) is 9.92. The number of amides is 1. The first-order valence-electron chi connectivity index (χ1n) is 12.8. The predicted molar refractivity (Wildman–Crippen MR) is 134 cm³/mol. The maximum absolute atomic E-state index is 13.6. The number of carbonyl (C=O) groups excluding carboxylic acids is 1. The van der Waals surface area contributed by atoms with Crippen LogP contribution in [0.2, 0.25) is 0 Å². The van der Waals surface area contributed by atoms with Gasteiger partial charge in [-0.05, 0) is 61.4 Å². The van der Waals surface area contributed by atoms with E-state index in [2.05, 4.69) is 42.5 Å². The van der Waals surface area contributed by atoms with Gasteiger partial charge >= 0.3 is 0 Å². The normalized spacial score (nSPS) is 14.4. The number of aryl methyl sites for hydroxylation is 1. The van der Waals surface area contributed by atoms with E-state index in [1.165, 1.54) is 37.7 Å². The minimum atomic E-state index is 0.0850. The van der Waals surface area contributed by atoms with Gasteiger partial charge in [0.05, 0.1) is 6.54 Å². The predicted octanol–water partition coefficient (Wildman–Crippen LogP) is 6.58. The van der Waals surface area contributed by atoms with Crippen LogP contribution in [0.25, 0.3) is 11.2 Å². The van der Waals surface area contributed by atoms with Crippen molar-refractivity contribution in [2.24, 2.45) is 5.92 Å². The van der Waals surface area contributed by atoms with E-state index in [0.717, 1.165) is 41.8 Å². The molecule has 4 rings (SSSR count). The molecule has 0 unspecified atom stereocenters. The summed E-state index contributed by atoms with van der Waals surface area (Å²) < 4.78 is 2.32. The molecule has 1 amide bonds. The van der Waals surface area contributed by atoms with Crippen LogP contribution < -0.4 is 0 Å².